The van der Waals surface area contributed by atoms with Gasteiger partial charge >= 0.3 is 0 Å². The van der Waals surface area contributed by atoms with Gasteiger partial charge in [-0.05, 0) is 39.0 Å². The van der Waals surface area contributed by atoms with Crippen LogP contribution in [0.4, 0.5) is 4.39 Å². The Morgan fingerprint density at radius 2 is 2.05 bits per heavy atom. The standard InChI is InChI=1S/C15H17BrFNO2/c1-15(2,3)14-12(19)7-13(20)18(14)8-9-4-5-11(17)10(16)6-9/h4-7,14,19H,8H2,1-3H3/t14-/m1/s1. The van der Waals surface area contributed by atoms with E-state index in [1.807, 2.05) is 20.8 Å². The second-order valence-electron chi connectivity index (χ2n) is 6.05. The highest BCUT2D eigenvalue weighted by Gasteiger charge is 2.40. The topological polar surface area (TPSA) is 40.5 Å². The first-order valence-corrected chi connectivity index (χ1v) is 7.14. The summed E-state index contributed by atoms with van der Waals surface area (Å²) in [4.78, 5) is 13.6. The molecule has 0 saturated heterocycles. The zero-order valence-electron chi connectivity index (χ0n) is 11.7. The third kappa shape index (κ3) is 2.87. The Hall–Kier alpha value is -1.36. The van der Waals surface area contributed by atoms with Crippen molar-refractivity contribution >= 4 is 21.8 Å². The van der Waals surface area contributed by atoms with Crippen LogP contribution in [0.25, 0.3) is 0 Å². The summed E-state index contributed by atoms with van der Waals surface area (Å²) in [5.74, 6) is -0.471. The summed E-state index contributed by atoms with van der Waals surface area (Å²) in [5.41, 5.74) is 0.535. The zero-order valence-corrected chi connectivity index (χ0v) is 13.2. The lowest BCUT2D eigenvalue weighted by Crippen LogP contribution is -2.43. The van der Waals surface area contributed by atoms with Gasteiger partial charge in [-0.3, -0.25) is 4.79 Å². The van der Waals surface area contributed by atoms with Crippen molar-refractivity contribution < 1.29 is 14.3 Å². The molecule has 0 fully saturated rings. The predicted molar refractivity (Wildman–Crippen MR) is 78.6 cm³/mol. The van der Waals surface area contributed by atoms with Crippen molar-refractivity contribution in [3.05, 3.63) is 45.9 Å². The van der Waals surface area contributed by atoms with Crippen LogP contribution in [0.5, 0.6) is 0 Å². The van der Waals surface area contributed by atoms with E-state index in [0.717, 1.165) is 5.56 Å². The molecule has 0 bridgehead atoms. The summed E-state index contributed by atoms with van der Waals surface area (Å²) in [5, 5.41) is 9.97. The molecule has 1 aliphatic rings. The maximum Gasteiger partial charge on any atom is 0.250 e. The molecule has 108 valence electrons. The number of hydrogen-bond donors (Lipinski definition) is 1. The minimum absolute atomic E-state index is 0.0867. The van der Waals surface area contributed by atoms with E-state index in [9.17, 15) is 14.3 Å². The minimum Gasteiger partial charge on any atom is -0.510 e. The molecule has 0 saturated carbocycles. The lowest BCUT2D eigenvalue weighted by Gasteiger charge is -2.35. The van der Waals surface area contributed by atoms with Gasteiger partial charge in [-0.25, -0.2) is 4.39 Å². The van der Waals surface area contributed by atoms with Gasteiger partial charge in [-0.1, -0.05) is 26.8 Å². The lowest BCUT2D eigenvalue weighted by molar-refractivity contribution is -0.128. The van der Waals surface area contributed by atoms with Crippen molar-refractivity contribution in [1.82, 2.24) is 4.90 Å². The highest BCUT2D eigenvalue weighted by Crippen LogP contribution is 2.34. The SMILES string of the molecule is CC(C)(C)[C@H]1C(O)=CC(=O)N1Cc1ccc(F)c(Br)c1. The van der Waals surface area contributed by atoms with Crippen molar-refractivity contribution in [2.24, 2.45) is 5.41 Å². The summed E-state index contributed by atoms with van der Waals surface area (Å²) in [6.45, 7) is 6.23. The second-order valence-corrected chi connectivity index (χ2v) is 6.91. The Morgan fingerprint density at radius 3 is 2.60 bits per heavy atom. The quantitative estimate of drug-likeness (QED) is 0.888. The predicted octanol–water partition coefficient (Wildman–Crippen LogP) is 3.79. The fraction of sp³-hybridized carbons (Fsp3) is 0.400. The van der Waals surface area contributed by atoms with Crippen LogP contribution in [-0.4, -0.2) is 22.0 Å². The van der Waals surface area contributed by atoms with E-state index in [0.29, 0.717) is 11.0 Å². The molecule has 0 spiro atoms. The molecule has 0 radical (unpaired) electrons. The smallest absolute Gasteiger partial charge is 0.250 e. The largest absolute Gasteiger partial charge is 0.510 e. The molecule has 1 heterocycles. The molecule has 1 aromatic carbocycles. The fourth-order valence-electron chi connectivity index (χ4n) is 2.49. The average molecular weight is 342 g/mol. The summed E-state index contributed by atoms with van der Waals surface area (Å²) < 4.78 is 13.6. The van der Waals surface area contributed by atoms with Crippen molar-refractivity contribution in [2.45, 2.75) is 33.4 Å². The Bertz CT molecular complexity index is 578. The molecule has 20 heavy (non-hydrogen) atoms. The molecule has 3 nitrogen and oxygen atoms in total. The van der Waals surface area contributed by atoms with Crippen molar-refractivity contribution in [1.29, 1.82) is 0 Å². The van der Waals surface area contributed by atoms with E-state index >= 15 is 0 Å². The number of hydrogen-bond acceptors (Lipinski definition) is 2. The Balaban J connectivity index is 2.27. The number of carbonyl (C=O) groups excluding carboxylic acids is 1. The second kappa shape index (κ2) is 5.20. The summed E-state index contributed by atoms with van der Waals surface area (Å²) in [7, 11) is 0. The number of carbonyl (C=O) groups is 1. The molecule has 1 N–H and O–H groups in total. The third-order valence-electron chi connectivity index (χ3n) is 3.30. The normalized spacial score (nSPS) is 19.4. The van der Waals surface area contributed by atoms with Gasteiger partial charge in [-0.2, -0.15) is 0 Å². The van der Waals surface area contributed by atoms with E-state index in [2.05, 4.69) is 15.9 Å². The first kappa shape index (κ1) is 15.0. The molecule has 1 amide bonds. The third-order valence-corrected chi connectivity index (χ3v) is 3.91. The van der Waals surface area contributed by atoms with E-state index in [1.165, 1.54) is 12.1 Å². The van der Waals surface area contributed by atoms with E-state index in [-0.39, 0.29) is 28.9 Å². The number of aliphatic hydroxyl groups excluding tert-OH is 1. The minimum atomic E-state index is -0.362. The van der Waals surface area contributed by atoms with E-state index in [4.69, 9.17) is 0 Å². The van der Waals surface area contributed by atoms with Crippen LogP contribution in [0, 0.1) is 11.2 Å². The van der Waals surface area contributed by atoms with Crippen molar-refractivity contribution in [3.8, 4) is 0 Å². The number of rotatable bonds is 2. The Kier molecular flexibility index (Phi) is 3.91. The Labute approximate surface area is 126 Å². The van der Waals surface area contributed by atoms with Gasteiger partial charge in [0.05, 0.1) is 10.5 Å². The maximum atomic E-state index is 13.2. The average Bonchev–Trinajstić information content (AvgIpc) is 2.58. The molecular formula is C15H17BrFNO2. The molecule has 0 unspecified atom stereocenters. The molecule has 1 atom stereocenters. The van der Waals surface area contributed by atoms with Crippen molar-refractivity contribution in [3.63, 3.8) is 0 Å². The molecule has 5 heteroatoms. The van der Waals surface area contributed by atoms with Gasteiger partial charge in [0, 0.05) is 12.6 Å². The molecule has 0 aromatic heterocycles. The van der Waals surface area contributed by atoms with Gasteiger partial charge in [0.1, 0.15) is 11.6 Å². The molecule has 1 aromatic rings. The van der Waals surface area contributed by atoms with Gasteiger partial charge < -0.3 is 10.0 Å². The van der Waals surface area contributed by atoms with Crippen LogP contribution in [0.2, 0.25) is 0 Å². The number of benzene rings is 1. The molecule has 2 rings (SSSR count). The van der Waals surface area contributed by atoms with Crippen LogP contribution < -0.4 is 0 Å². The van der Waals surface area contributed by atoms with Crippen LogP contribution in [-0.2, 0) is 11.3 Å². The van der Waals surface area contributed by atoms with Gasteiger partial charge in [-0.15, -0.1) is 0 Å². The van der Waals surface area contributed by atoms with Gasteiger partial charge in [0.2, 0.25) is 0 Å². The summed E-state index contributed by atoms with van der Waals surface area (Å²) >= 11 is 3.14. The maximum absolute atomic E-state index is 13.2. The summed E-state index contributed by atoms with van der Waals surface area (Å²) in [6, 6.07) is 4.29. The fourth-order valence-corrected chi connectivity index (χ4v) is 2.92. The monoisotopic (exact) mass is 341 g/mol. The van der Waals surface area contributed by atoms with Crippen molar-refractivity contribution in [2.75, 3.05) is 0 Å². The van der Waals surface area contributed by atoms with E-state index in [1.54, 1.807) is 17.0 Å². The first-order valence-electron chi connectivity index (χ1n) is 6.35. The molecule has 1 aliphatic heterocycles. The van der Waals surface area contributed by atoms with Crippen LogP contribution in [0.1, 0.15) is 26.3 Å². The highest BCUT2D eigenvalue weighted by molar-refractivity contribution is 9.10. The van der Waals surface area contributed by atoms with Crippen LogP contribution in [0.15, 0.2) is 34.5 Å². The van der Waals surface area contributed by atoms with Crippen LogP contribution in [0.3, 0.4) is 0 Å². The number of nitrogens with zero attached hydrogens (tertiary/aromatic N) is 1. The number of halogens is 2. The number of amides is 1. The highest BCUT2D eigenvalue weighted by atomic mass is 79.9. The van der Waals surface area contributed by atoms with Crippen LogP contribution >= 0.6 is 15.9 Å². The zero-order chi connectivity index (χ0) is 15.1. The van der Waals surface area contributed by atoms with Gasteiger partial charge in [0.15, 0.2) is 0 Å². The lowest BCUT2D eigenvalue weighted by atomic mass is 9.85. The number of aliphatic hydroxyl groups is 1. The van der Waals surface area contributed by atoms with Gasteiger partial charge in [0.25, 0.3) is 5.91 Å². The van der Waals surface area contributed by atoms with E-state index < -0.39 is 0 Å². The molecular weight excluding hydrogens is 325 g/mol. The summed E-state index contributed by atoms with van der Waals surface area (Å²) in [6.07, 6.45) is 1.26. The Morgan fingerprint density at radius 1 is 1.40 bits per heavy atom. The molecule has 0 aliphatic carbocycles. The first-order chi connectivity index (χ1) is 9.20.